The van der Waals surface area contributed by atoms with Gasteiger partial charge in [-0.05, 0) is 18.1 Å². The van der Waals surface area contributed by atoms with E-state index in [0.717, 1.165) is 18.7 Å². The monoisotopic (exact) mass is 209 g/mol. The van der Waals surface area contributed by atoms with Crippen molar-refractivity contribution in [3.8, 4) is 0 Å². The highest BCUT2D eigenvalue weighted by Crippen LogP contribution is 2.04. The third-order valence-corrected chi connectivity index (χ3v) is 2.34. The maximum atomic E-state index is 8.97. The molecule has 84 valence electrons. The van der Waals surface area contributed by atoms with E-state index < -0.39 is 0 Å². The molecule has 0 aliphatic heterocycles. The average molecular weight is 209 g/mol. The maximum Gasteiger partial charge on any atom is 0.0681 e. The van der Waals surface area contributed by atoms with Gasteiger partial charge in [-0.3, -0.25) is 0 Å². The Kier molecular flexibility index (Phi) is 5.32. The Hall–Kier alpha value is -0.900. The molecule has 0 saturated heterocycles. The molecule has 0 amide bonds. The van der Waals surface area contributed by atoms with Crippen molar-refractivity contribution >= 4 is 0 Å². The zero-order valence-electron chi connectivity index (χ0n) is 9.36. The molecule has 2 N–H and O–H groups in total. The van der Waals surface area contributed by atoms with Crippen molar-refractivity contribution in [1.82, 2.24) is 5.32 Å². The first-order chi connectivity index (χ1) is 7.26. The van der Waals surface area contributed by atoms with Gasteiger partial charge in [0.2, 0.25) is 0 Å². The van der Waals surface area contributed by atoms with E-state index in [9.17, 15) is 0 Å². The molecule has 0 aliphatic rings. The van der Waals surface area contributed by atoms with Gasteiger partial charge in [0.25, 0.3) is 0 Å². The third-order valence-electron chi connectivity index (χ3n) is 2.34. The van der Waals surface area contributed by atoms with Crippen LogP contribution in [0.25, 0.3) is 0 Å². The van der Waals surface area contributed by atoms with E-state index in [1.165, 1.54) is 5.56 Å². The van der Waals surface area contributed by atoms with Gasteiger partial charge in [-0.15, -0.1) is 0 Å². The fraction of sp³-hybridized carbons (Fsp3) is 0.500. The number of methoxy groups -OCH3 is 1. The van der Waals surface area contributed by atoms with E-state index in [0.29, 0.717) is 0 Å². The van der Waals surface area contributed by atoms with Crippen molar-refractivity contribution in [2.45, 2.75) is 26.2 Å². The van der Waals surface area contributed by atoms with Gasteiger partial charge >= 0.3 is 0 Å². The van der Waals surface area contributed by atoms with Crippen LogP contribution in [0.1, 0.15) is 18.1 Å². The summed E-state index contributed by atoms with van der Waals surface area (Å²) in [5.41, 5.74) is 2.14. The van der Waals surface area contributed by atoms with Gasteiger partial charge in [-0.2, -0.15) is 0 Å². The SMILES string of the molecule is COC(C)CNCc1cccc(CO)c1. The first-order valence-electron chi connectivity index (χ1n) is 5.18. The number of nitrogens with one attached hydrogen (secondary N) is 1. The van der Waals surface area contributed by atoms with Crippen LogP contribution < -0.4 is 5.32 Å². The number of ether oxygens (including phenoxy) is 1. The van der Waals surface area contributed by atoms with Gasteiger partial charge in [-0.25, -0.2) is 0 Å². The minimum atomic E-state index is 0.0995. The Morgan fingerprint density at radius 3 is 2.80 bits per heavy atom. The molecule has 1 rings (SSSR count). The molecular formula is C12H19NO2. The molecular weight excluding hydrogens is 190 g/mol. The van der Waals surface area contributed by atoms with Crippen LogP contribution in [0.4, 0.5) is 0 Å². The Morgan fingerprint density at radius 1 is 1.40 bits per heavy atom. The molecule has 0 saturated carbocycles. The summed E-state index contributed by atoms with van der Waals surface area (Å²) in [6, 6.07) is 7.93. The quantitative estimate of drug-likeness (QED) is 0.742. The topological polar surface area (TPSA) is 41.5 Å². The largest absolute Gasteiger partial charge is 0.392 e. The highest BCUT2D eigenvalue weighted by Gasteiger charge is 1.99. The summed E-state index contributed by atoms with van der Waals surface area (Å²) in [5, 5.41) is 12.3. The lowest BCUT2D eigenvalue weighted by molar-refractivity contribution is 0.117. The minimum absolute atomic E-state index is 0.0995. The summed E-state index contributed by atoms with van der Waals surface area (Å²) >= 11 is 0. The number of hydrogen-bond donors (Lipinski definition) is 2. The van der Waals surface area contributed by atoms with Crippen molar-refractivity contribution in [1.29, 1.82) is 0 Å². The van der Waals surface area contributed by atoms with Crippen LogP contribution >= 0.6 is 0 Å². The summed E-state index contributed by atoms with van der Waals surface area (Å²) in [7, 11) is 1.71. The minimum Gasteiger partial charge on any atom is -0.392 e. The van der Waals surface area contributed by atoms with Gasteiger partial charge in [0.05, 0.1) is 12.7 Å². The number of aliphatic hydroxyl groups excluding tert-OH is 1. The number of rotatable bonds is 6. The Morgan fingerprint density at radius 2 is 2.13 bits per heavy atom. The fourth-order valence-electron chi connectivity index (χ4n) is 1.34. The van der Waals surface area contributed by atoms with Crippen LogP contribution in [-0.2, 0) is 17.9 Å². The van der Waals surface area contributed by atoms with E-state index in [-0.39, 0.29) is 12.7 Å². The Labute approximate surface area is 91.1 Å². The molecule has 0 bridgehead atoms. The van der Waals surface area contributed by atoms with E-state index in [1.807, 2.05) is 31.2 Å². The molecule has 0 radical (unpaired) electrons. The molecule has 1 aromatic carbocycles. The second kappa shape index (κ2) is 6.56. The molecule has 0 aromatic heterocycles. The van der Waals surface area contributed by atoms with Crippen LogP contribution in [0.3, 0.4) is 0 Å². The van der Waals surface area contributed by atoms with Gasteiger partial charge in [0.15, 0.2) is 0 Å². The zero-order valence-corrected chi connectivity index (χ0v) is 9.36. The lowest BCUT2D eigenvalue weighted by atomic mass is 10.1. The fourth-order valence-corrected chi connectivity index (χ4v) is 1.34. The summed E-state index contributed by atoms with van der Waals surface area (Å²) in [5.74, 6) is 0. The van der Waals surface area contributed by atoms with Crippen LogP contribution in [0.2, 0.25) is 0 Å². The molecule has 0 aliphatic carbocycles. The van der Waals surface area contributed by atoms with Gasteiger partial charge < -0.3 is 15.2 Å². The maximum absolute atomic E-state index is 8.97. The van der Waals surface area contributed by atoms with Crippen LogP contribution in [0.15, 0.2) is 24.3 Å². The summed E-state index contributed by atoms with van der Waals surface area (Å²) < 4.78 is 5.13. The number of hydrogen-bond acceptors (Lipinski definition) is 3. The molecule has 1 aromatic rings. The van der Waals surface area contributed by atoms with Crippen molar-refractivity contribution in [2.24, 2.45) is 0 Å². The predicted octanol–water partition coefficient (Wildman–Crippen LogP) is 1.30. The smallest absolute Gasteiger partial charge is 0.0681 e. The lowest BCUT2D eigenvalue weighted by Gasteiger charge is -2.11. The molecule has 0 fully saturated rings. The Bertz CT molecular complexity index is 289. The predicted molar refractivity (Wildman–Crippen MR) is 60.5 cm³/mol. The first kappa shape index (κ1) is 12.2. The average Bonchev–Trinajstić information content (AvgIpc) is 2.29. The summed E-state index contributed by atoms with van der Waals surface area (Å²) in [6.07, 6.45) is 0.228. The van der Waals surface area contributed by atoms with Crippen molar-refractivity contribution in [3.63, 3.8) is 0 Å². The van der Waals surface area contributed by atoms with E-state index in [2.05, 4.69) is 5.32 Å². The van der Waals surface area contributed by atoms with Crippen LogP contribution in [-0.4, -0.2) is 24.9 Å². The highest BCUT2D eigenvalue weighted by atomic mass is 16.5. The molecule has 0 heterocycles. The van der Waals surface area contributed by atoms with Crippen molar-refractivity contribution < 1.29 is 9.84 Å². The van der Waals surface area contributed by atoms with Gasteiger partial charge in [0.1, 0.15) is 0 Å². The van der Waals surface area contributed by atoms with Gasteiger partial charge in [-0.1, -0.05) is 24.3 Å². The highest BCUT2D eigenvalue weighted by molar-refractivity contribution is 5.22. The summed E-state index contributed by atoms with van der Waals surface area (Å²) in [6.45, 7) is 3.76. The molecule has 15 heavy (non-hydrogen) atoms. The number of benzene rings is 1. The normalized spacial score (nSPS) is 12.7. The third kappa shape index (κ3) is 4.42. The second-order valence-electron chi connectivity index (χ2n) is 3.66. The van der Waals surface area contributed by atoms with E-state index in [4.69, 9.17) is 9.84 Å². The molecule has 0 spiro atoms. The van der Waals surface area contributed by atoms with E-state index >= 15 is 0 Å². The van der Waals surface area contributed by atoms with E-state index in [1.54, 1.807) is 7.11 Å². The molecule has 1 unspecified atom stereocenters. The van der Waals surface area contributed by atoms with Crippen LogP contribution in [0, 0.1) is 0 Å². The first-order valence-corrected chi connectivity index (χ1v) is 5.18. The van der Waals surface area contributed by atoms with Crippen molar-refractivity contribution in [2.75, 3.05) is 13.7 Å². The summed E-state index contributed by atoms with van der Waals surface area (Å²) in [4.78, 5) is 0. The van der Waals surface area contributed by atoms with Crippen molar-refractivity contribution in [3.05, 3.63) is 35.4 Å². The molecule has 3 heteroatoms. The molecule has 3 nitrogen and oxygen atoms in total. The Balaban J connectivity index is 2.37. The van der Waals surface area contributed by atoms with Crippen LogP contribution in [0.5, 0.6) is 0 Å². The lowest BCUT2D eigenvalue weighted by Crippen LogP contribution is -2.25. The second-order valence-corrected chi connectivity index (χ2v) is 3.66. The molecule has 1 atom stereocenters. The standard InChI is InChI=1S/C12H19NO2/c1-10(15-2)7-13-8-11-4-3-5-12(6-11)9-14/h3-6,10,13-14H,7-9H2,1-2H3. The van der Waals surface area contributed by atoms with Gasteiger partial charge in [0, 0.05) is 20.2 Å². The zero-order chi connectivity index (χ0) is 11.1. The number of aliphatic hydroxyl groups is 1.